The first-order chi connectivity index (χ1) is 8.40. The lowest BCUT2D eigenvalue weighted by molar-refractivity contribution is 0.1000. The molecule has 2 atom stereocenters. The highest BCUT2D eigenvalue weighted by Crippen LogP contribution is 2.18. The lowest BCUT2D eigenvalue weighted by atomic mass is 10.1. The van der Waals surface area contributed by atoms with Crippen LogP contribution in [-0.4, -0.2) is 23.2 Å². The molecule has 0 aliphatic rings. The van der Waals surface area contributed by atoms with Crippen LogP contribution < -0.4 is 11.1 Å². The van der Waals surface area contributed by atoms with Crippen molar-refractivity contribution in [2.75, 3.05) is 0 Å². The van der Waals surface area contributed by atoms with Crippen LogP contribution >= 0.6 is 11.6 Å². The minimum Gasteiger partial charge on any atom is -0.393 e. The van der Waals surface area contributed by atoms with Gasteiger partial charge < -0.3 is 16.2 Å². The summed E-state index contributed by atoms with van der Waals surface area (Å²) in [6.07, 6.45) is 0.344. The molecule has 0 fully saturated rings. The number of rotatable bonds is 6. The van der Waals surface area contributed by atoms with Crippen molar-refractivity contribution in [1.82, 2.24) is 5.32 Å². The molecule has 0 spiro atoms. The molecule has 0 aliphatic carbocycles. The van der Waals surface area contributed by atoms with Gasteiger partial charge in [-0.1, -0.05) is 17.7 Å². The maximum atomic E-state index is 11.0. The zero-order chi connectivity index (χ0) is 13.7. The number of nitrogens with two attached hydrogens (primary N) is 1. The molecule has 0 bridgehead atoms. The van der Waals surface area contributed by atoms with Gasteiger partial charge >= 0.3 is 0 Å². The normalized spacial score (nSPS) is 14.2. The Morgan fingerprint density at radius 1 is 1.50 bits per heavy atom. The van der Waals surface area contributed by atoms with Crippen LogP contribution in [0.1, 0.15) is 36.2 Å². The third-order valence-electron chi connectivity index (χ3n) is 2.67. The predicted molar refractivity (Wildman–Crippen MR) is 72.6 cm³/mol. The molecule has 0 saturated heterocycles. The number of aliphatic hydroxyl groups excluding tert-OH is 1. The first-order valence-corrected chi connectivity index (χ1v) is 6.27. The monoisotopic (exact) mass is 270 g/mol. The van der Waals surface area contributed by atoms with Gasteiger partial charge in [0.15, 0.2) is 0 Å². The zero-order valence-electron chi connectivity index (χ0n) is 10.6. The van der Waals surface area contributed by atoms with E-state index < -0.39 is 5.91 Å². The molecule has 1 aromatic rings. The van der Waals surface area contributed by atoms with Crippen LogP contribution in [0.25, 0.3) is 0 Å². The smallest absolute Gasteiger partial charge is 0.248 e. The molecule has 0 radical (unpaired) electrons. The van der Waals surface area contributed by atoms with Crippen LogP contribution in [0.15, 0.2) is 18.2 Å². The number of aliphatic hydroxyl groups is 1. The Hall–Kier alpha value is -1.10. The molecular formula is C13H19ClN2O2. The summed E-state index contributed by atoms with van der Waals surface area (Å²) in [6.45, 7) is 4.34. The second-order valence-corrected chi connectivity index (χ2v) is 4.94. The zero-order valence-corrected chi connectivity index (χ0v) is 11.4. The van der Waals surface area contributed by atoms with Gasteiger partial charge in [0.2, 0.25) is 5.91 Å². The fourth-order valence-corrected chi connectivity index (χ4v) is 1.97. The molecule has 0 aromatic heterocycles. The van der Waals surface area contributed by atoms with Gasteiger partial charge in [-0.25, -0.2) is 0 Å². The number of nitrogens with one attached hydrogen (secondary N) is 1. The molecule has 18 heavy (non-hydrogen) atoms. The third-order valence-corrected chi connectivity index (χ3v) is 3.03. The minimum absolute atomic E-state index is 0.192. The maximum Gasteiger partial charge on any atom is 0.248 e. The van der Waals surface area contributed by atoms with Gasteiger partial charge in [-0.05, 0) is 38.0 Å². The van der Waals surface area contributed by atoms with Gasteiger partial charge in [0.1, 0.15) is 0 Å². The van der Waals surface area contributed by atoms with Gasteiger partial charge in [0.25, 0.3) is 0 Å². The van der Waals surface area contributed by atoms with Crippen LogP contribution in [-0.2, 0) is 6.54 Å². The molecular weight excluding hydrogens is 252 g/mol. The van der Waals surface area contributed by atoms with Crippen molar-refractivity contribution in [2.45, 2.75) is 39.0 Å². The molecule has 1 aromatic carbocycles. The van der Waals surface area contributed by atoms with Crippen molar-refractivity contribution in [3.63, 3.8) is 0 Å². The van der Waals surface area contributed by atoms with Crippen LogP contribution in [0.5, 0.6) is 0 Å². The number of halogens is 1. The molecule has 5 heteroatoms. The number of primary amides is 1. The van der Waals surface area contributed by atoms with Crippen molar-refractivity contribution in [3.05, 3.63) is 34.3 Å². The molecule has 1 rings (SSSR count). The van der Waals surface area contributed by atoms with E-state index in [1.165, 1.54) is 0 Å². The largest absolute Gasteiger partial charge is 0.393 e. The van der Waals surface area contributed by atoms with Crippen LogP contribution in [0.4, 0.5) is 0 Å². The average Bonchev–Trinajstić information content (AvgIpc) is 2.26. The van der Waals surface area contributed by atoms with E-state index in [-0.39, 0.29) is 12.1 Å². The topological polar surface area (TPSA) is 75.3 Å². The number of hydrogen-bond acceptors (Lipinski definition) is 3. The fraction of sp³-hybridized carbons (Fsp3) is 0.462. The second-order valence-electron chi connectivity index (χ2n) is 4.54. The quantitative estimate of drug-likeness (QED) is 0.736. The van der Waals surface area contributed by atoms with Gasteiger partial charge in [-0.15, -0.1) is 0 Å². The van der Waals surface area contributed by atoms with Crippen LogP contribution in [0.2, 0.25) is 5.02 Å². The first-order valence-electron chi connectivity index (χ1n) is 5.89. The molecule has 4 N–H and O–H groups in total. The van der Waals surface area contributed by atoms with Gasteiger partial charge in [-0.3, -0.25) is 4.79 Å². The summed E-state index contributed by atoms with van der Waals surface area (Å²) in [5, 5.41) is 13.0. The predicted octanol–water partition coefficient (Wildman–Crippen LogP) is 1.69. The van der Waals surface area contributed by atoms with Crippen molar-refractivity contribution < 1.29 is 9.90 Å². The van der Waals surface area contributed by atoms with Crippen LogP contribution in [0.3, 0.4) is 0 Å². The van der Waals surface area contributed by atoms with Gasteiger partial charge in [-0.2, -0.15) is 0 Å². The Morgan fingerprint density at radius 3 is 2.67 bits per heavy atom. The number of carbonyl (C=O) groups excluding carboxylic acids is 1. The molecule has 100 valence electrons. The standard InChI is InChI=1S/C13H19ClN2O2/c1-8(5-9(2)17)16-7-11-4-3-10(13(15)18)6-12(11)14/h3-4,6,8-9,16-17H,5,7H2,1-2H3,(H2,15,18). The molecule has 0 saturated carbocycles. The number of hydrogen-bond donors (Lipinski definition) is 3. The lowest BCUT2D eigenvalue weighted by Crippen LogP contribution is -2.28. The summed E-state index contributed by atoms with van der Waals surface area (Å²) in [5.74, 6) is -0.487. The fourth-order valence-electron chi connectivity index (χ4n) is 1.72. The number of carbonyl (C=O) groups is 1. The summed E-state index contributed by atoms with van der Waals surface area (Å²) < 4.78 is 0. The van der Waals surface area contributed by atoms with E-state index in [9.17, 15) is 9.90 Å². The number of benzene rings is 1. The van der Waals surface area contributed by atoms with Gasteiger partial charge in [0.05, 0.1) is 6.10 Å². The highest BCUT2D eigenvalue weighted by Gasteiger charge is 2.08. The highest BCUT2D eigenvalue weighted by molar-refractivity contribution is 6.31. The second kappa shape index (κ2) is 6.73. The molecule has 2 unspecified atom stereocenters. The summed E-state index contributed by atoms with van der Waals surface area (Å²) >= 11 is 6.07. The summed E-state index contributed by atoms with van der Waals surface area (Å²) in [4.78, 5) is 11.0. The molecule has 1 amide bonds. The Bertz CT molecular complexity index is 421. The molecule has 4 nitrogen and oxygen atoms in total. The maximum absolute atomic E-state index is 11.0. The van der Waals surface area contributed by atoms with E-state index in [4.69, 9.17) is 17.3 Å². The van der Waals surface area contributed by atoms with E-state index >= 15 is 0 Å². The Labute approximate surface area is 112 Å². The number of amides is 1. The highest BCUT2D eigenvalue weighted by atomic mass is 35.5. The Morgan fingerprint density at radius 2 is 2.17 bits per heavy atom. The molecule has 0 heterocycles. The van der Waals surface area contributed by atoms with E-state index in [2.05, 4.69) is 5.32 Å². The van der Waals surface area contributed by atoms with Crippen molar-refractivity contribution in [2.24, 2.45) is 5.73 Å². The van der Waals surface area contributed by atoms with E-state index in [0.717, 1.165) is 5.56 Å². The summed E-state index contributed by atoms with van der Waals surface area (Å²) in [6, 6.07) is 5.20. The van der Waals surface area contributed by atoms with Crippen molar-refractivity contribution in [1.29, 1.82) is 0 Å². The van der Waals surface area contributed by atoms with E-state index in [1.807, 2.05) is 6.92 Å². The lowest BCUT2D eigenvalue weighted by Gasteiger charge is -2.16. The Kier molecular flexibility index (Phi) is 5.59. The third kappa shape index (κ3) is 4.64. The first kappa shape index (κ1) is 15.0. The summed E-state index contributed by atoms with van der Waals surface area (Å²) in [5.41, 5.74) is 6.47. The summed E-state index contributed by atoms with van der Waals surface area (Å²) in [7, 11) is 0. The van der Waals surface area contributed by atoms with Crippen molar-refractivity contribution >= 4 is 17.5 Å². The molecule has 0 aliphatic heterocycles. The van der Waals surface area contributed by atoms with E-state index in [0.29, 0.717) is 23.6 Å². The van der Waals surface area contributed by atoms with Gasteiger partial charge in [0, 0.05) is 23.2 Å². The van der Waals surface area contributed by atoms with Crippen LogP contribution in [0, 0.1) is 0 Å². The average molecular weight is 271 g/mol. The SMILES string of the molecule is CC(O)CC(C)NCc1ccc(C(N)=O)cc1Cl. The van der Waals surface area contributed by atoms with E-state index in [1.54, 1.807) is 25.1 Å². The minimum atomic E-state index is -0.487. The van der Waals surface area contributed by atoms with Crippen molar-refractivity contribution in [3.8, 4) is 0 Å². The Balaban J connectivity index is 2.60.